The molecule has 2 aromatic heterocycles. The van der Waals surface area contributed by atoms with Gasteiger partial charge < -0.3 is 5.32 Å². The van der Waals surface area contributed by atoms with Gasteiger partial charge in [-0.25, -0.2) is 18.1 Å². The molecule has 9 heteroatoms. The minimum Gasteiger partial charge on any atom is -0.347 e. The van der Waals surface area contributed by atoms with Gasteiger partial charge in [-0.15, -0.1) is 22.7 Å². The van der Waals surface area contributed by atoms with E-state index in [0.717, 1.165) is 28.3 Å². The number of hydrogen-bond donors (Lipinski definition) is 2. The Balaban J connectivity index is 1.36. The predicted molar refractivity (Wildman–Crippen MR) is 106 cm³/mol. The topological polar surface area (TPSA) is 88.2 Å². The average Bonchev–Trinajstić information content (AvgIpc) is 3.14. The van der Waals surface area contributed by atoms with Crippen LogP contribution in [0.15, 0.2) is 52.9 Å². The quantitative estimate of drug-likeness (QED) is 0.615. The van der Waals surface area contributed by atoms with E-state index in [2.05, 4.69) is 15.0 Å². The fourth-order valence-corrected chi connectivity index (χ4v) is 5.38. The van der Waals surface area contributed by atoms with Crippen molar-refractivity contribution in [2.75, 3.05) is 0 Å². The lowest BCUT2D eigenvalue weighted by Gasteiger charge is -2.07. The third kappa shape index (κ3) is 4.44. The van der Waals surface area contributed by atoms with Gasteiger partial charge in [-0.1, -0.05) is 18.2 Å². The predicted octanol–water partition coefficient (Wildman–Crippen LogP) is 3.24. The van der Waals surface area contributed by atoms with E-state index in [-0.39, 0.29) is 16.8 Å². The second-order valence-electron chi connectivity index (χ2n) is 6.23. The molecule has 4 rings (SSSR count). The summed E-state index contributed by atoms with van der Waals surface area (Å²) in [6.45, 7) is 0.321. The van der Waals surface area contributed by atoms with Crippen molar-refractivity contribution in [3.63, 3.8) is 0 Å². The largest absolute Gasteiger partial charge is 0.347 e. The summed E-state index contributed by atoms with van der Waals surface area (Å²) in [6.07, 6.45) is 3.37. The van der Waals surface area contributed by atoms with Gasteiger partial charge in [-0.3, -0.25) is 4.79 Å². The van der Waals surface area contributed by atoms with Gasteiger partial charge in [0.25, 0.3) is 5.91 Å². The Hall–Kier alpha value is -2.07. The first-order chi connectivity index (χ1) is 13.0. The Kier molecular flexibility index (Phi) is 5.09. The van der Waals surface area contributed by atoms with Crippen LogP contribution in [0.2, 0.25) is 0 Å². The van der Waals surface area contributed by atoms with E-state index < -0.39 is 10.0 Å². The highest BCUT2D eigenvalue weighted by molar-refractivity contribution is 7.89. The summed E-state index contributed by atoms with van der Waals surface area (Å²) in [5.74, 6) is -0.192. The van der Waals surface area contributed by atoms with Gasteiger partial charge in [0, 0.05) is 12.6 Å². The molecule has 1 saturated carbocycles. The summed E-state index contributed by atoms with van der Waals surface area (Å²) >= 11 is 2.93. The molecular formula is C18H17N3O3S3. The SMILES string of the molecule is O=C(NCc1ccc(S(=O)(=O)NC2CC2)cc1)c1cnc(-c2cccs2)s1. The molecule has 0 radical (unpaired) electrons. The van der Waals surface area contributed by atoms with Crippen LogP contribution in [-0.2, 0) is 16.6 Å². The summed E-state index contributed by atoms with van der Waals surface area (Å²) in [5, 5.41) is 5.64. The molecule has 140 valence electrons. The van der Waals surface area contributed by atoms with E-state index in [9.17, 15) is 13.2 Å². The maximum atomic E-state index is 12.3. The monoisotopic (exact) mass is 419 g/mol. The number of thiazole rings is 1. The summed E-state index contributed by atoms with van der Waals surface area (Å²) in [5.41, 5.74) is 0.830. The molecule has 3 aromatic rings. The summed E-state index contributed by atoms with van der Waals surface area (Å²) < 4.78 is 27.0. The van der Waals surface area contributed by atoms with Crippen molar-refractivity contribution >= 4 is 38.6 Å². The number of sulfonamides is 1. The first-order valence-corrected chi connectivity index (χ1v) is 11.6. The van der Waals surface area contributed by atoms with E-state index in [1.54, 1.807) is 41.8 Å². The zero-order valence-corrected chi connectivity index (χ0v) is 16.7. The number of nitrogens with one attached hydrogen (secondary N) is 2. The first kappa shape index (κ1) is 18.3. The standard InChI is InChI=1S/C18H17N3O3S3/c22-17(16-11-20-18(26-16)15-2-1-9-25-15)19-10-12-3-7-14(8-4-12)27(23,24)21-13-5-6-13/h1-4,7-9,11,13,21H,5-6,10H2,(H,19,22). The maximum absolute atomic E-state index is 12.3. The Bertz CT molecular complexity index is 1040. The molecule has 27 heavy (non-hydrogen) atoms. The van der Waals surface area contributed by atoms with Crippen molar-refractivity contribution in [1.29, 1.82) is 0 Å². The van der Waals surface area contributed by atoms with E-state index in [1.165, 1.54) is 11.3 Å². The van der Waals surface area contributed by atoms with E-state index >= 15 is 0 Å². The van der Waals surface area contributed by atoms with Crippen molar-refractivity contribution in [3.05, 3.63) is 58.4 Å². The fraction of sp³-hybridized carbons (Fsp3) is 0.222. The lowest BCUT2D eigenvalue weighted by Crippen LogP contribution is -2.25. The smallest absolute Gasteiger partial charge is 0.263 e. The summed E-state index contributed by atoms with van der Waals surface area (Å²) in [4.78, 5) is 18.4. The highest BCUT2D eigenvalue weighted by Crippen LogP contribution is 2.28. The zero-order chi connectivity index (χ0) is 18.9. The molecule has 0 saturated heterocycles. The molecule has 1 aromatic carbocycles. The van der Waals surface area contributed by atoms with Crippen LogP contribution in [0.5, 0.6) is 0 Å². The molecule has 1 aliphatic rings. The fourth-order valence-electron chi connectivity index (χ4n) is 2.44. The Morgan fingerprint density at radius 2 is 1.96 bits per heavy atom. The van der Waals surface area contributed by atoms with E-state index in [1.807, 2.05) is 17.5 Å². The van der Waals surface area contributed by atoms with Crippen LogP contribution in [0.3, 0.4) is 0 Å². The van der Waals surface area contributed by atoms with Gasteiger partial charge in [0.1, 0.15) is 9.88 Å². The lowest BCUT2D eigenvalue weighted by atomic mass is 10.2. The molecule has 1 aliphatic carbocycles. The molecule has 0 bridgehead atoms. The molecule has 1 fully saturated rings. The third-order valence-corrected chi connectivity index (χ3v) is 7.62. The van der Waals surface area contributed by atoms with Crippen LogP contribution >= 0.6 is 22.7 Å². The van der Waals surface area contributed by atoms with Crippen molar-refractivity contribution in [3.8, 4) is 9.88 Å². The highest BCUT2D eigenvalue weighted by Gasteiger charge is 2.27. The van der Waals surface area contributed by atoms with Gasteiger partial charge >= 0.3 is 0 Å². The Morgan fingerprint density at radius 1 is 1.19 bits per heavy atom. The maximum Gasteiger partial charge on any atom is 0.263 e. The zero-order valence-electron chi connectivity index (χ0n) is 14.2. The number of carbonyl (C=O) groups excluding carboxylic acids is 1. The van der Waals surface area contributed by atoms with Gasteiger partial charge in [-0.2, -0.15) is 0 Å². The summed E-state index contributed by atoms with van der Waals surface area (Å²) in [7, 11) is -3.45. The summed E-state index contributed by atoms with van der Waals surface area (Å²) in [6, 6.07) is 10.6. The van der Waals surface area contributed by atoms with Crippen LogP contribution in [0.25, 0.3) is 9.88 Å². The van der Waals surface area contributed by atoms with Crippen LogP contribution < -0.4 is 10.0 Å². The molecule has 6 nitrogen and oxygen atoms in total. The normalized spacial score (nSPS) is 14.2. The minimum absolute atomic E-state index is 0.0763. The Labute approximate surface area is 165 Å². The molecule has 2 N–H and O–H groups in total. The third-order valence-electron chi connectivity index (χ3n) is 4.05. The van der Waals surface area contributed by atoms with Crippen LogP contribution in [0.4, 0.5) is 0 Å². The van der Waals surface area contributed by atoms with Crippen molar-refractivity contribution in [2.45, 2.75) is 30.3 Å². The van der Waals surface area contributed by atoms with Crippen molar-refractivity contribution < 1.29 is 13.2 Å². The van der Waals surface area contributed by atoms with E-state index in [4.69, 9.17) is 0 Å². The van der Waals surface area contributed by atoms with Crippen LogP contribution in [-0.4, -0.2) is 25.4 Å². The molecule has 0 spiro atoms. The van der Waals surface area contributed by atoms with Crippen molar-refractivity contribution in [2.24, 2.45) is 0 Å². The molecular weight excluding hydrogens is 402 g/mol. The van der Waals surface area contributed by atoms with Crippen LogP contribution in [0.1, 0.15) is 28.1 Å². The lowest BCUT2D eigenvalue weighted by molar-refractivity contribution is 0.0954. The van der Waals surface area contributed by atoms with Gasteiger partial charge in [0.05, 0.1) is 16.0 Å². The Morgan fingerprint density at radius 3 is 2.63 bits per heavy atom. The second kappa shape index (κ2) is 7.51. The molecule has 1 amide bonds. The highest BCUT2D eigenvalue weighted by atomic mass is 32.2. The number of aromatic nitrogens is 1. The van der Waals surface area contributed by atoms with Gasteiger partial charge in [0.15, 0.2) is 0 Å². The first-order valence-electron chi connectivity index (χ1n) is 8.40. The molecule has 0 unspecified atom stereocenters. The number of nitrogens with zero attached hydrogens (tertiary/aromatic N) is 1. The van der Waals surface area contributed by atoms with Gasteiger partial charge in [0.2, 0.25) is 10.0 Å². The second-order valence-corrected chi connectivity index (χ2v) is 9.92. The minimum atomic E-state index is -3.45. The number of carbonyl (C=O) groups is 1. The number of rotatable bonds is 7. The van der Waals surface area contributed by atoms with Gasteiger partial charge in [-0.05, 0) is 42.0 Å². The number of amides is 1. The van der Waals surface area contributed by atoms with Crippen LogP contribution in [0, 0.1) is 0 Å². The average molecular weight is 420 g/mol. The molecule has 2 heterocycles. The number of thiophene rings is 1. The number of benzene rings is 1. The number of hydrogen-bond acceptors (Lipinski definition) is 6. The molecule has 0 atom stereocenters. The van der Waals surface area contributed by atoms with Crippen molar-refractivity contribution in [1.82, 2.24) is 15.0 Å². The van der Waals surface area contributed by atoms with E-state index in [0.29, 0.717) is 11.4 Å². The molecule has 0 aliphatic heterocycles.